The third-order valence-electron chi connectivity index (χ3n) is 3.30. The summed E-state index contributed by atoms with van der Waals surface area (Å²) < 4.78 is 1.52. The number of aromatic nitrogens is 4. The van der Waals surface area contributed by atoms with Crippen molar-refractivity contribution in [2.75, 3.05) is 11.9 Å². The van der Waals surface area contributed by atoms with E-state index in [2.05, 4.69) is 27.8 Å². The van der Waals surface area contributed by atoms with E-state index in [1.54, 1.807) is 0 Å². The van der Waals surface area contributed by atoms with Crippen LogP contribution < -0.4 is 11.1 Å². The van der Waals surface area contributed by atoms with Gasteiger partial charge in [-0.15, -0.1) is 5.10 Å². The van der Waals surface area contributed by atoms with E-state index in [1.807, 2.05) is 24.3 Å². The van der Waals surface area contributed by atoms with Crippen molar-refractivity contribution in [1.82, 2.24) is 20.2 Å². The zero-order valence-corrected chi connectivity index (χ0v) is 12.1. The molecule has 1 amide bonds. The standard InChI is InChI=1S/C14H20N6O/c1-11(8-9-15)6-7-14(21)17-12-4-2-3-5-13(12)20-10-16-18-19-20/h2-5,10-11H,6-9,15H2,1H3,(H,17,21). The normalized spacial score (nSPS) is 12.1. The van der Waals surface area contributed by atoms with Gasteiger partial charge in [0.25, 0.3) is 0 Å². The third-order valence-corrected chi connectivity index (χ3v) is 3.30. The monoisotopic (exact) mass is 288 g/mol. The topological polar surface area (TPSA) is 98.7 Å². The average Bonchev–Trinajstić information content (AvgIpc) is 3.00. The Balaban J connectivity index is 1.98. The lowest BCUT2D eigenvalue weighted by Crippen LogP contribution is -2.15. The van der Waals surface area contributed by atoms with Crippen LogP contribution in [0, 0.1) is 5.92 Å². The lowest BCUT2D eigenvalue weighted by Gasteiger charge is -2.12. The molecule has 112 valence electrons. The molecule has 7 heteroatoms. The van der Waals surface area contributed by atoms with Gasteiger partial charge in [0.05, 0.1) is 11.4 Å². The van der Waals surface area contributed by atoms with E-state index >= 15 is 0 Å². The second-order valence-electron chi connectivity index (χ2n) is 5.04. The number of nitrogens with zero attached hydrogens (tertiary/aromatic N) is 4. The van der Waals surface area contributed by atoms with Crippen LogP contribution in [0.3, 0.4) is 0 Å². The van der Waals surface area contributed by atoms with E-state index < -0.39 is 0 Å². The highest BCUT2D eigenvalue weighted by molar-refractivity contribution is 5.92. The van der Waals surface area contributed by atoms with Crippen molar-refractivity contribution in [3.63, 3.8) is 0 Å². The molecule has 1 unspecified atom stereocenters. The number of hydrogen-bond acceptors (Lipinski definition) is 5. The highest BCUT2D eigenvalue weighted by atomic mass is 16.1. The number of nitrogens with one attached hydrogen (secondary N) is 1. The maximum Gasteiger partial charge on any atom is 0.224 e. The van der Waals surface area contributed by atoms with Gasteiger partial charge in [0.1, 0.15) is 6.33 Å². The van der Waals surface area contributed by atoms with E-state index in [4.69, 9.17) is 5.73 Å². The number of para-hydroxylation sites is 2. The van der Waals surface area contributed by atoms with Crippen LogP contribution in [0.4, 0.5) is 5.69 Å². The van der Waals surface area contributed by atoms with Gasteiger partial charge in [-0.05, 0) is 47.9 Å². The summed E-state index contributed by atoms with van der Waals surface area (Å²) >= 11 is 0. The fraction of sp³-hybridized carbons (Fsp3) is 0.429. The molecule has 7 nitrogen and oxygen atoms in total. The Hall–Kier alpha value is -2.28. The van der Waals surface area contributed by atoms with Gasteiger partial charge < -0.3 is 11.1 Å². The number of nitrogens with two attached hydrogens (primary N) is 1. The van der Waals surface area contributed by atoms with Gasteiger partial charge in [-0.2, -0.15) is 4.68 Å². The molecule has 0 saturated carbocycles. The number of carbonyl (C=O) groups excluding carboxylic acids is 1. The molecule has 0 radical (unpaired) electrons. The summed E-state index contributed by atoms with van der Waals surface area (Å²) in [6, 6.07) is 7.41. The summed E-state index contributed by atoms with van der Waals surface area (Å²) in [4.78, 5) is 12.0. The predicted molar refractivity (Wildman–Crippen MR) is 79.9 cm³/mol. The van der Waals surface area contributed by atoms with Crippen LogP contribution in [0.1, 0.15) is 26.2 Å². The van der Waals surface area contributed by atoms with Crippen LogP contribution in [-0.4, -0.2) is 32.7 Å². The van der Waals surface area contributed by atoms with E-state index in [0.717, 1.165) is 18.5 Å². The molecule has 1 aromatic heterocycles. The molecule has 1 heterocycles. The largest absolute Gasteiger partial charge is 0.330 e. The van der Waals surface area contributed by atoms with Crippen molar-refractivity contribution >= 4 is 11.6 Å². The molecular weight excluding hydrogens is 268 g/mol. The highest BCUT2D eigenvalue weighted by Crippen LogP contribution is 2.19. The van der Waals surface area contributed by atoms with Crippen molar-refractivity contribution < 1.29 is 4.79 Å². The molecule has 2 rings (SSSR count). The van der Waals surface area contributed by atoms with Crippen molar-refractivity contribution in [2.24, 2.45) is 11.7 Å². The fourth-order valence-electron chi connectivity index (χ4n) is 2.07. The minimum Gasteiger partial charge on any atom is -0.330 e. The van der Waals surface area contributed by atoms with Gasteiger partial charge in [-0.3, -0.25) is 4.79 Å². The van der Waals surface area contributed by atoms with Crippen LogP contribution in [0.25, 0.3) is 5.69 Å². The van der Waals surface area contributed by atoms with E-state index in [0.29, 0.717) is 24.6 Å². The molecular formula is C14H20N6O. The van der Waals surface area contributed by atoms with Gasteiger partial charge in [-0.1, -0.05) is 19.1 Å². The van der Waals surface area contributed by atoms with Crippen LogP contribution in [-0.2, 0) is 4.79 Å². The predicted octanol–water partition coefficient (Wildman–Crippen LogP) is 1.37. The summed E-state index contributed by atoms with van der Waals surface area (Å²) in [5.41, 5.74) is 6.95. The number of rotatable bonds is 7. The highest BCUT2D eigenvalue weighted by Gasteiger charge is 2.10. The molecule has 3 N–H and O–H groups in total. The summed E-state index contributed by atoms with van der Waals surface area (Å²) in [7, 11) is 0. The molecule has 21 heavy (non-hydrogen) atoms. The number of anilines is 1. The van der Waals surface area contributed by atoms with Gasteiger partial charge in [0.2, 0.25) is 5.91 Å². The Morgan fingerprint density at radius 2 is 2.19 bits per heavy atom. The molecule has 2 aromatic rings. The molecule has 0 bridgehead atoms. The first-order chi connectivity index (χ1) is 10.2. The van der Waals surface area contributed by atoms with Gasteiger partial charge in [0, 0.05) is 6.42 Å². The van der Waals surface area contributed by atoms with Crippen LogP contribution >= 0.6 is 0 Å². The Morgan fingerprint density at radius 1 is 1.38 bits per heavy atom. The van der Waals surface area contributed by atoms with Crippen LogP contribution in [0.15, 0.2) is 30.6 Å². The Bertz CT molecular complexity index is 569. The zero-order chi connectivity index (χ0) is 15.1. The molecule has 0 aliphatic carbocycles. The van der Waals surface area contributed by atoms with Crippen molar-refractivity contribution in [1.29, 1.82) is 0 Å². The van der Waals surface area contributed by atoms with Gasteiger partial charge in [-0.25, -0.2) is 0 Å². The van der Waals surface area contributed by atoms with Crippen LogP contribution in [0.2, 0.25) is 0 Å². The number of benzene rings is 1. The molecule has 0 aliphatic heterocycles. The van der Waals surface area contributed by atoms with E-state index in [1.165, 1.54) is 11.0 Å². The average molecular weight is 288 g/mol. The third kappa shape index (κ3) is 4.35. The molecule has 1 atom stereocenters. The van der Waals surface area contributed by atoms with E-state index in [9.17, 15) is 4.79 Å². The second-order valence-corrected chi connectivity index (χ2v) is 5.04. The molecule has 0 spiro atoms. The number of tetrazole rings is 1. The molecule has 0 fully saturated rings. The number of hydrogen-bond donors (Lipinski definition) is 2. The quantitative estimate of drug-likeness (QED) is 0.801. The van der Waals surface area contributed by atoms with Crippen LogP contribution in [0.5, 0.6) is 0 Å². The Labute approximate surface area is 123 Å². The second kappa shape index (κ2) is 7.49. The number of amides is 1. The SMILES string of the molecule is CC(CCN)CCC(=O)Nc1ccccc1-n1cnnn1. The Morgan fingerprint density at radius 3 is 2.90 bits per heavy atom. The fourth-order valence-corrected chi connectivity index (χ4v) is 2.07. The van der Waals surface area contributed by atoms with Crippen molar-refractivity contribution in [3.8, 4) is 5.69 Å². The van der Waals surface area contributed by atoms with Crippen molar-refractivity contribution in [3.05, 3.63) is 30.6 Å². The number of carbonyl (C=O) groups is 1. The molecule has 1 aromatic carbocycles. The van der Waals surface area contributed by atoms with Gasteiger partial charge in [0.15, 0.2) is 0 Å². The lowest BCUT2D eigenvalue weighted by atomic mass is 10.0. The van der Waals surface area contributed by atoms with Gasteiger partial charge >= 0.3 is 0 Å². The zero-order valence-electron chi connectivity index (χ0n) is 12.1. The first kappa shape index (κ1) is 15.1. The summed E-state index contributed by atoms with van der Waals surface area (Å²) in [5.74, 6) is 0.440. The first-order valence-electron chi connectivity index (χ1n) is 7.03. The summed E-state index contributed by atoms with van der Waals surface area (Å²) in [5, 5.41) is 14.0. The van der Waals surface area contributed by atoms with Crippen molar-refractivity contribution in [2.45, 2.75) is 26.2 Å². The van der Waals surface area contributed by atoms with E-state index in [-0.39, 0.29) is 5.91 Å². The summed E-state index contributed by atoms with van der Waals surface area (Å²) in [6.07, 6.45) is 3.74. The minimum absolute atomic E-state index is 0.0144. The smallest absolute Gasteiger partial charge is 0.224 e. The lowest BCUT2D eigenvalue weighted by molar-refractivity contribution is -0.116. The minimum atomic E-state index is -0.0144. The summed E-state index contributed by atoms with van der Waals surface area (Å²) in [6.45, 7) is 2.76. The maximum atomic E-state index is 12.0. The molecule has 0 saturated heterocycles. The maximum absolute atomic E-state index is 12.0. The Kier molecular flexibility index (Phi) is 5.39. The first-order valence-corrected chi connectivity index (χ1v) is 7.03. The molecule has 0 aliphatic rings.